The van der Waals surface area contributed by atoms with Gasteiger partial charge in [0.2, 0.25) is 5.88 Å². The van der Waals surface area contributed by atoms with Crippen molar-refractivity contribution < 1.29 is 13.9 Å². The summed E-state index contributed by atoms with van der Waals surface area (Å²) in [6.07, 6.45) is 3.67. The second-order valence-electron chi connectivity index (χ2n) is 9.43. The maximum Gasteiger partial charge on any atom is 0.271 e. The highest BCUT2D eigenvalue weighted by Crippen LogP contribution is 2.30. The molecule has 194 valence electrons. The van der Waals surface area contributed by atoms with Crippen molar-refractivity contribution in [1.82, 2.24) is 24.4 Å². The third-order valence-corrected chi connectivity index (χ3v) is 7.43. The zero-order valence-electron chi connectivity index (χ0n) is 20.3. The van der Waals surface area contributed by atoms with Crippen molar-refractivity contribution in [2.45, 2.75) is 45.2 Å². The van der Waals surface area contributed by atoms with Crippen LogP contribution in [0.4, 0.5) is 10.2 Å². The van der Waals surface area contributed by atoms with Gasteiger partial charge in [0.25, 0.3) is 5.82 Å². The van der Waals surface area contributed by atoms with Crippen molar-refractivity contribution in [3.63, 3.8) is 0 Å². The van der Waals surface area contributed by atoms with Crippen molar-refractivity contribution in [2.75, 3.05) is 13.2 Å². The van der Waals surface area contributed by atoms with E-state index in [1.54, 1.807) is 24.4 Å². The van der Waals surface area contributed by atoms with Crippen molar-refractivity contribution in [3.8, 4) is 5.88 Å². The van der Waals surface area contributed by atoms with Gasteiger partial charge in [0.05, 0.1) is 30.4 Å². The Hall–Kier alpha value is -3.29. The molecule has 0 aliphatic carbocycles. The van der Waals surface area contributed by atoms with Gasteiger partial charge in [-0.3, -0.25) is 4.90 Å². The quantitative estimate of drug-likeness (QED) is 0.272. The normalized spacial score (nSPS) is 17.2. The molecule has 6 rings (SSSR count). The van der Waals surface area contributed by atoms with E-state index < -0.39 is 5.82 Å². The number of fused-ring (bicyclic) bond motifs is 2. The topological polar surface area (TPSA) is 69.7 Å². The molecule has 5 heterocycles. The summed E-state index contributed by atoms with van der Waals surface area (Å²) in [5.41, 5.74) is 3.97. The maximum atomic E-state index is 14.2. The van der Waals surface area contributed by atoms with E-state index in [0.717, 1.165) is 54.1 Å². The van der Waals surface area contributed by atoms with Gasteiger partial charge < -0.3 is 18.9 Å². The van der Waals surface area contributed by atoms with Crippen molar-refractivity contribution in [3.05, 3.63) is 86.5 Å². The largest absolute Gasteiger partial charge is 0.472 e. The molecule has 0 N–H and O–H groups in total. The Morgan fingerprint density at radius 1 is 1.21 bits per heavy atom. The number of halogens is 3. The van der Waals surface area contributed by atoms with E-state index in [4.69, 9.17) is 49.2 Å². The Labute approximate surface area is 228 Å². The average Bonchev–Trinajstić information content (AvgIpc) is 3.21. The molecule has 2 aliphatic heterocycles. The number of rotatable bonds is 7. The molecule has 0 radical (unpaired) electrons. The van der Waals surface area contributed by atoms with Gasteiger partial charge in [0.15, 0.2) is 0 Å². The number of hydrogen-bond donors (Lipinski definition) is 0. The summed E-state index contributed by atoms with van der Waals surface area (Å²) in [4.78, 5) is 19.5. The lowest BCUT2D eigenvalue weighted by atomic mass is 10.1. The van der Waals surface area contributed by atoms with Gasteiger partial charge in [-0.25, -0.2) is 14.4 Å². The van der Waals surface area contributed by atoms with Gasteiger partial charge in [-0.15, -0.1) is 4.98 Å². The summed E-state index contributed by atoms with van der Waals surface area (Å²) < 4.78 is 27.8. The van der Waals surface area contributed by atoms with Crippen LogP contribution < -0.4 is 4.74 Å². The number of hydrogen-bond acceptors (Lipinski definition) is 6. The fraction of sp³-hybridized carbons (Fsp3) is 0.333. The van der Waals surface area contributed by atoms with E-state index in [1.165, 1.54) is 6.07 Å². The van der Waals surface area contributed by atoms with Crippen LogP contribution >= 0.6 is 23.2 Å². The molecule has 1 atom stereocenters. The van der Waals surface area contributed by atoms with E-state index >= 15 is 0 Å². The van der Waals surface area contributed by atoms with Gasteiger partial charge in [0.1, 0.15) is 35.0 Å². The van der Waals surface area contributed by atoms with Crippen molar-refractivity contribution >= 4 is 40.1 Å². The van der Waals surface area contributed by atoms with Crippen molar-refractivity contribution in [2.24, 2.45) is 0 Å². The van der Waals surface area contributed by atoms with Gasteiger partial charge in [-0.1, -0.05) is 35.8 Å². The standard InChI is InChI=1S/C27H23Cl2FN6O2/c1-31-25-10-22-24(11-32-25)36(12-19-5-7-37-19)26(33-22)14-35-6-4-16-8-20(29)27(34-23(16)13-35)38-15-17-2-3-18(28)9-21(17)30/h2-3,8-11,19H,4-7,12-15H2/t19-/m0/s1. The van der Waals surface area contributed by atoms with Crippen LogP contribution in [0.2, 0.25) is 10.0 Å². The van der Waals surface area contributed by atoms with E-state index in [1.807, 2.05) is 6.07 Å². The zero-order valence-corrected chi connectivity index (χ0v) is 21.8. The lowest BCUT2D eigenvalue weighted by molar-refractivity contribution is -0.0592. The van der Waals surface area contributed by atoms with Crippen LogP contribution in [0, 0.1) is 12.4 Å². The Morgan fingerprint density at radius 3 is 2.84 bits per heavy atom. The summed E-state index contributed by atoms with van der Waals surface area (Å²) in [6, 6.07) is 8.07. The summed E-state index contributed by atoms with van der Waals surface area (Å²) >= 11 is 12.3. The van der Waals surface area contributed by atoms with Crippen LogP contribution in [0.25, 0.3) is 15.9 Å². The van der Waals surface area contributed by atoms with Gasteiger partial charge in [-0.05, 0) is 42.7 Å². The summed E-state index contributed by atoms with van der Waals surface area (Å²) in [5, 5.41) is 0.727. The minimum atomic E-state index is -0.438. The number of aromatic nitrogens is 4. The molecule has 0 bridgehead atoms. The predicted molar refractivity (Wildman–Crippen MR) is 141 cm³/mol. The Balaban J connectivity index is 1.22. The second-order valence-corrected chi connectivity index (χ2v) is 10.3. The van der Waals surface area contributed by atoms with Crippen LogP contribution in [-0.4, -0.2) is 43.7 Å². The minimum absolute atomic E-state index is 0.00782. The van der Waals surface area contributed by atoms with E-state index in [-0.39, 0.29) is 18.6 Å². The summed E-state index contributed by atoms with van der Waals surface area (Å²) in [6.45, 7) is 10.8. The highest BCUT2D eigenvalue weighted by molar-refractivity contribution is 6.32. The second kappa shape index (κ2) is 10.5. The Morgan fingerprint density at radius 2 is 2.08 bits per heavy atom. The third-order valence-electron chi connectivity index (χ3n) is 6.92. The molecular weight excluding hydrogens is 530 g/mol. The van der Waals surface area contributed by atoms with E-state index in [9.17, 15) is 4.39 Å². The first-order valence-electron chi connectivity index (χ1n) is 12.3. The molecule has 1 fully saturated rings. The third kappa shape index (κ3) is 5.05. The first-order valence-corrected chi connectivity index (χ1v) is 13.0. The maximum absolute atomic E-state index is 14.2. The molecule has 4 aromatic rings. The molecule has 1 saturated heterocycles. The fourth-order valence-electron chi connectivity index (χ4n) is 4.77. The molecule has 2 aliphatic rings. The lowest BCUT2D eigenvalue weighted by Gasteiger charge is -2.30. The highest BCUT2D eigenvalue weighted by atomic mass is 35.5. The molecule has 1 aromatic carbocycles. The minimum Gasteiger partial charge on any atom is -0.472 e. The van der Waals surface area contributed by atoms with E-state index in [2.05, 4.69) is 19.3 Å². The Bertz CT molecular complexity index is 1570. The zero-order chi connectivity index (χ0) is 26.2. The molecule has 0 spiro atoms. The highest BCUT2D eigenvalue weighted by Gasteiger charge is 2.26. The van der Waals surface area contributed by atoms with Gasteiger partial charge >= 0.3 is 0 Å². The van der Waals surface area contributed by atoms with E-state index in [0.29, 0.717) is 41.1 Å². The number of ether oxygens (including phenoxy) is 2. The van der Waals surface area contributed by atoms with Crippen LogP contribution in [-0.2, 0) is 37.4 Å². The average molecular weight is 553 g/mol. The molecule has 8 nitrogen and oxygen atoms in total. The fourth-order valence-corrected chi connectivity index (χ4v) is 5.16. The van der Waals surface area contributed by atoms with Crippen molar-refractivity contribution in [1.29, 1.82) is 0 Å². The molecular formula is C27H23Cl2FN6O2. The summed E-state index contributed by atoms with van der Waals surface area (Å²) in [7, 11) is 0. The summed E-state index contributed by atoms with van der Waals surface area (Å²) in [5.74, 6) is 1.06. The molecule has 11 heteroatoms. The van der Waals surface area contributed by atoms with Crippen LogP contribution in [0.1, 0.15) is 29.1 Å². The monoisotopic (exact) mass is 552 g/mol. The molecule has 0 amide bonds. The predicted octanol–water partition coefficient (Wildman–Crippen LogP) is 5.75. The molecule has 38 heavy (non-hydrogen) atoms. The Kier molecular flexibility index (Phi) is 6.89. The first-order chi connectivity index (χ1) is 18.5. The molecule has 0 saturated carbocycles. The smallest absolute Gasteiger partial charge is 0.271 e. The SMILES string of the molecule is [C-]#[N+]c1cc2nc(CN3CCc4cc(Cl)c(OCc5ccc(Cl)cc5F)nc4C3)n(C[C@@H]3CCO3)c2cn1. The number of imidazole rings is 1. The van der Waals surface area contributed by atoms with Crippen LogP contribution in [0.15, 0.2) is 36.5 Å². The number of pyridine rings is 2. The lowest BCUT2D eigenvalue weighted by Crippen LogP contribution is -2.34. The van der Waals surface area contributed by atoms with Gasteiger partial charge in [0, 0.05) is 30.3 Å². The molecule has 3 aromatic heterocycles. The van der Waals surface area contributed by atoms with Crippen LogP contribution in [0.5, 0.6) is 5.88 Å². The van der Waals surface area contributed by atoms with Crippen LogP contribution in [0.3, 0.4) is 0 Å². The molecule has 0 unspecified atom stereocenters. The van der Waals surface area contributed by atoms with Gasteiger partial charge in [-0.2, -0.15) is 0 Å². The number of benzene rings is 1. The number of nitrogens with zero attached hydrogens (tertiary/aromatic N) is 6. The first kappa shape index (κ1) is 25.0.